The Balaban J connectivity index is 1.87. The fourth-order valence-corrected chi connectivity index (χ4v) is 1.83. The second-order valence-corrected chi connectivity index (χ2v) is 3.98. The number of hydrogen-bond acceptors (Lipinski definition) is 2. The lowest BCUT2D eigenvalue weighted by Gasteiger charge is -2.04. The Morgan fingerprint density at radius 1 is 1.22 bits per heavy atom. The van der Waals surface area contributed by atoms with Crippen LogP contribution in [0.15, 0.2) is 55.0 Å². The molecule has 0 aliphatic rings. The largest absolute Gasteiger partial charge is 0.361 e. The van der Waals surface area contributed by atoms with Crippen LogP contribution in [0.4, 0.5) is 5.69 Å². The number of anilines is 1. The van der Waals surface area contributed by atoms with Crippen LogP contribution in [-0.4, -0.2) is 15.9 Å². The summed E-state index contributed by atoms with van der Waals surface area (Å²) in [5.74, 6) is -0.133. The van der Waals surface area contributed by atoms with Gasteiger partial charge in [-0.05, 0) is 36.4 Å². The number of hydrogen-bond donors (Lipinski definition) is 2. The summed E-state index contributed by atoms with van der Waals surface area (Å²) < 4.78 is 0. The molecule has 0 bridgehead atoms. The first kappa shape index (κ1) is 10.5. The van der Waals surface area contributed by atoms with Gasteiger partial charge in [0.25, 0.3) is 5.91 Å². The number of rotatable bonds is 2. The molecule has 0 unspecified atom stereocenters. The van der Waals surface area contributed by atoms with Gasteiger partial charge in [0.2, 0.25) is 0 Å². The number of carbonyl (C=O) groups is 1. The highest BCUT2D eigenvalue weighted by molar-refractivity contribution is 6.06. The zero-order chi connectivity index (χ0) is 12.4. The zero-order valence-electron chi connectivity index (χ0n) is 9.55. The van der Waals surface area contributed by atoms with E-state index in [1.54, 1.807) is 30.6 Å². The summed E-state index contributed by atoms with van der Waals surface area (Å²) in [5, 5.41) is 3.83. The molecule has 4 heteroatoms. The summed E-state index contributed by atoms with van der Waals surface area (Å²) in [6.07, 6.45) is 5.14. The van der Waals surface area contributed by atoms with E-state index >= 15 is 0 Å². The molecule has 0 radical (unpaired) electrons. The van der Waals surface area contributed by atoms with Gasteiger partial charge in [-0.15, -0.1) is 0 Å². The number of aromatic nitrogens is 2. The van der Waals surface area contributed by atoms with Crippen LogP contribution in [-0.2, 0) is 0 Å². The Morgan fingerprint density at radius 2 is 2.17 bits per heavy atom. The van der Waals surface area contributed by atoms with Gasteiger partial charge in [0.1, 0.15) is 0 Å². The van der Waals surface area contributed by atoms with Gasteiger partial charge in [0, 0.05) is 28.9 Å². The zero-order valence-corrected chi connectivity index (χ0v) is 9.55. The molecule has 18 heavy (non-hydrogen) atoms. The molecule has 0 spiro atoms. The SMILES string of the molecule is O=C(Nc1cccnc1)c1ccc2[nH]ccc2c1. The van der Waals surface area contributed by atoms with Crippen molar-refractivity contribution in [1.29, 1.82) is 0 Å². The molecule has 4 nitrogen and oxygen atoms in total. The average Bonchev–Trinajstić information content (AvgIpc) is 2.87. The number of H-pyrrole nitrogens is 1. The number of carbonyl (C=O) groups excluding carboxylic acids is 1. The molecule has 0 atom stereocenters. The van der Waals surface area contributed by atoms with E-state index in [1.807, 2.05) is 24.4 Å². The van der Waals surface area contributed by atoms with Crippen LogP contribution < -0.4 is 5.32 Å². The maximum atomic E-state index is 12.0. The molecular weight excluding hydrogens is 226 g/mol. The third-order valence-electron chi connectivity index (χ3n) is 2.73. The topological polar surface area (TPSA) is 57.8 Å². The monoisotopic (exact) mass is 237 g/mol. The lowest BCUT2D eigenvalue weighted by Crippen LogP contribution is -2.11. The maximum Gasteiger partial charge on any atom is 0.255 e. The van der Waals surface area contributed by atoms with Gasteiger partial charge >= 0.3 is 0 Å². The molecule has 2 aromatic heterocycles. The smallest absolute Gasteiger partial charge is 0.255 e. The first-order chi connectivity index (χ1) is 8.83. The minimum Gasteiger partial charge on any atom is -0.361 e. The predicted octanol–water partition coefficient (Wildman–Crippen LogP) is 2.82. The standard InChI is InChI=1S/C14H11N3O/c18-14(17-12-2-1-6-15-9-12)11-3-4-13-10(8-11)5-7-16-13/h1-9,16H,(H,17,18). The molecule has 0 saturated carbocycles. The molecule has 88 valence electrons. The lowest BCUT2D eigenvalue weighted by atomic mass is 10.1. The molecule has 1 aromatic carbocycles. The van der Waals surface area contributed by atoms with E-state index in [9.17, 15) is 4.79 Å². The fraction of sp³-hybridized carbons (Fsp3) is 0. The molecule has 2 heterocycles. The lowest BCUT2D eigenvalue weighted by molar-refractivity contribution is 0.102. The highest BCUT2D eigenvalue weighted by atomic mass is 16.1. The van der Waals surface area contributed by atoms with E-state index in [-0.39, 0.29) is 5.91 Å². The second kappa shape index (κ2) is 4.33. The van der Waals surface area contributed by atoms with E-state index in [4.69, 9.17) is 0 Å². The molecule has 0 aliphatic heterocycles. The normalized spacial score (nSPS) is 10.4. The Morgan fingerprint density at radius 3 is 3.00 bits per heavy atom. The van der Waals surface area contributed by atoms with E-state index < -0.39 is 0 Å². The van der Waals surface area contributed by atoms with Crippen molar-refractivity contribution in [3.63, 3.8) is 0 Å². The van der Waals surface area contributed by atoms with Gasteiger partial charge in [-0.2, -0.15) is 0 Å². The molecule has 0 saturated heterocycles. The number of aromatic amines is 1. The van der Waals surface area contributed by atoms with E-state index in [2.05, 4.69) is 15.3 Å². The number of fused-ring (bicyclic) bond motifs is 1. The molecule has 3 aromatic rings. The van der Waals surface area contributed by atoms with Gasteiger partial charge < -0.3 is 10.3 Å². The van der Waals surface area contributed by atoms with E-state index in [1.165, 1.54) is 0 Å². The summed E-state index contributed by atoms with van der Waals surface area (Å²) in [7, 11) is 0. The Hall–Kier alpha value is -2.62. The highest BCUT2D eigenvalue weighted by Gasteiger charge is 2.07. The summed E-state index contributed by atoms with van der Waals surface area (Å²) in [4.78, 5) is 19.1. The summed E-state index contributed by atoms with van der Waals surface area (Å²) >= 11 is 0. The minimum atomic E-state index is -0.133. The highest BCUT2D eigenvalue weighted by Crippen LogP contribution is 2.15. The third kappa shape index (κ3) is 1.96. The van der Waals surface area contributed by atoms with Crippen molar-refractivity contribution >= 4 is 22.5 Å². The maximum absolute atomic E-state index is 12.0. The fourth-order valence-electron chi connectivity index (χ4n) is 1.83. The number of nitrogens with one attached hydrogen (secondary N) is 2. The molecule has 0 aliphatic carbocycles. The summed E-state index contributed by atoms with van der Waals surface area (Å²) in [6.45, 7) is 0. The predicted molar refractivity (Wildman–Crippen MR) is 70.5 cm³/mol. The van der Waals surface area contributed by atoms with Gasteiger partial charge in [-0.3, -0.25) is 9.78 Å². The minimum absolute atomic E-state index is 0.133. The molecule has 0 fully saturated rings. The van der Waals surface area contributed by atoms with Gasteiger partial charge in [-0.25, -0.2) is 0 Å². The summed E-state index contributed by atoms with van der Waals surface area (Å²) in [6, 6.07) is 11.1. The first-order valence-corrected chi connectivity index (χ1v) is 5.61. The van der Waals surface area contributed by atoms with Crippen LogP contribution in [0.3, 0.4) is 0 Å². The Bertz CT molecular complexity index is 688. The molecule has 2 N–H and O–H groups in total. The van der Waals surface area contributed by atoms with Crippen molar-refractivity contribution in [3.05, 3.63) is 60.6 Å². The van der Waals surface area contributed by atoms with Gasteiger partial charge in [0.05, 0.1) is 11.9 Å². The van der Waals surface area contributed by atoms with Crippen LogP contribution >= 0.6 is 0 Å². The number of benzene rings is 1. The van der Waals surface area contributed by atoms with Crippen LogP contribution in [0.5, 0.6) is 0 Å². The van der Waals surface area contributed by atoms with Crippen molar-refractivity contribution < 1.29 is 4.79 Å². The number of nitrogens with zero attached hydrogens (tertiary/aromatic N) is 1. The van der Waals surface area contributed by atoms with Crippen molar-refractivity contribution in [3.8, 4) is 0 Å². The Kier molecular flexibility index (Phi) is 2.53. The average molecular weight is 237 g/mol. The van der Waals surface area contributed by atoms with Crippen LogP contribution in [0.1, 0.15) is 10.4 Å². The molecule has 1 amide bonds. The van der Waals surface area contributed by atoms with Crippen molar-refractivity contribution in [2.75, 3.05) is 5.32 Å². The van der Waals surface area contributed by atoms with Gasteiger partial charge in [0.15, 0.2) is 0 Å². The molecule has 3 rings (SSSR count). The Labute approximate surface area is 104 Å². The third-order valence-corrected chi connectivity index (χ3v) is 2.73. The second-order valence-electron chi connectivity index (χ2n) is 3.98. The van der Waals surface area contributed by atoms with E-state index in [0.717, 1.165) is 10.9 Å². The van der Waals surface area contributed by atoms with E-state index in [0.29, 0.717) is 11.3 Å². The first-order valence-electron chi connectivity index (χ1n) is 5.61. The van der Waals surface area contributed by atoms with Crippen molar-refractivity contribution in [2.45, 2.75) is 0 Å². The quantitative estimate of drug-likeness (QED) is 0.720. The van der Waals surface area contributed by atoms with Crippen LogP contribution in [0.2, 0.25) is 0 Å². The van der Waals surface area contributed by atoms with Crippen molar-refractivity contribution in [2.24, 2.45) is 0 Å². The van der Waals surface area contributed by atoms with Gasteiger partial charge in [-0.1, -0.05) is 0 Å². The van der Waals surface area contributed by atoms with Crippen LogP contribution in [0.25, 0.3) is 10.9 Å². The number of pyridine rings is 1. The summed E-state index contributed by atoms with van der Waals surface area (Å²) in [5.41, 5.74) is 2.34. The van der Waals surface area contributed by atoms with Crippen molar-refractivity contribution in [1.82, 2.24) is 9.97 Å². The van der Waals surface area contributed by atoms with Crippen LogP contribution in [0, 0.1) is 0 Å². The molecular formula is C14H11N3O. The number of amides is 1.